The minimum Gasteiger partial charge on any atom is -0.354 e. The molecule has 0 N–H and O–H groups in total. The Labute approximate surface area is 159 Å². The molecule has 1 fully saturated rings. The Morgan fingerprint density at radius 2 is 1.78 bits per heavy atom. The molecule has 3 heterocycles. The molecule has 0 bridgehead atoms. The largest absolute Gasteiger partial charge is 0.354 e. The van der Waals surface area contributed by atoms with Gasteiger partial charge >= 0.3 is 0 Å². The van der Waals surface area contributed by atoms with Crippen LogP contribution in [0.1, 0.15) is 5.56 Å². The monoisotopic (exact) mass is 385 g/mol. The SMILES string of the molecule is Cc1cnc(N2CCN(S(C)(=O)=O)CC2)cc1-c1nc2ccccc2n1C. The maximum atomic E-state index is 11.7. The summed E-state index contributed by atoms with van der Waals surface area (Å²) in [6, 6.07) is 10.1. The molecule has 7 nitrogen and oxygen atoms in total. The van der Waals surface area contributed by atoms with E-state index in [0.717, 1.165) is 33.8 Å². The van der Waals surface area contributed by atoms with E-state index in [2.05, 4.69) is 26.6 Å². The van der Waals surface area contributed by atoms with Crippen molar-refractivity contribution in [3.8, 4) is 11.4 Å². The Hall–Kier alpha value is -2.45. The van der Waals surface area contributed by atoms with Crippen LogP contribution in [0.25, 0.3) is 22.4 Å². The van der Waals surface area contributed by atoms with Gasteiger partial charge in [-0.3, -0.25) is 0 Å². The molecule has 8 heteroatoms. The Balaban J connectivity index is 1.67. The Morgan fingerprint density at radius 1 is 1.07 bits per heavy atom. The van der Waals surface area contributed by atoms with Crippen LogP contribution in [0.2, 0.25) is 0 Å². The Morgan fingerprint density at radius 3 is 2.44 bits per heavy atom. The summed E-state index contributed by atoms with van der Waals surface area (Å²) >= 11 is 0. The number of aromatic nitrogens is 3. The van der Waals surface area contributed by atoms with E-state index < -0.39 is 10.0 Å². The second-order valence-corrected chi connectivity index (χ2v) is 8.97. The first kappa shape index (κ1) is 17.9. The molecule has 27 heavy (non-hydrogen) atoms. The topological polar surface area (TPSA) is 71.3 Å². The van der Waals surface area contributed by atoms with Crippen LogP contribution >= 0.6 is 0 Å². The van der Waals surface area contributed by atoms with E-state index in [-0.39, 0.29) is 0 Å². The Kier molecular flexibility index (Phi) is 4.39. The van der Waals surface area contributed by atoms with Crippen LogP contribution in [-0.2, 0) is 17.1 Å². The van der Waals surface area contributed by atoms with Crippen molar-refractivity contribution >= 4 is 26.9 Å². The van der Waals surface area contributed by atoms with Crippen molar-refractivity contribution in [2.75, 3.05) is 37.3 Å². The minimum atomic E-state index is -3.14. The summed E-state index contributed by atoms with van der Waals surface area (Å²) in [4.78, 5) is 11.5. The fourth-order valence-electron chi connectivity index (χ4n) is 3.56. The summed E-state index contributed by atoms with van der Waals surface area (Å²) < 4.78 is 27.1. The first-order valence-corrected chi connectivity index (χ1v) is 10.8. The third-order valence-corrected chi connectivity index (χ3v) is 6.45. The van der Waals surface area contributed by atoms with Crippen LogP contribution in [0.5, 0.6) is 0 Å². The fourth-order valence-corrected chi connectivity index (χ4v) is 4.39. The second-order valence-electron chi connectivity index (χ2n) is 6.99. The molecule has 0 amide bonds. The number of anilines is 1. The number of sulfonamides is 1. The summed E-state index contributed by atoms with van der Waals surface area (Å²) in [6.45, 7) is 4.26. The highest BCUT2D eigenvalue weighted by atomic mass is 32.2. The van der Waals surface area contributed by atoms with Gasteiger partial charge in [0.05, 0.1) is 17.3 Å². The number of para-hydroxylation sites is 2. The number of hydrogen-bond donors (Lipinski definition) is 0. The van der Waals surface area contributed by atoms with Gasteiger partial charge in [-0.1, -0.05) is 12.1 Å². The lowest BCUT2D eigenvalue weighted by atomic mass is 10.1. The maximum absolute atomic E-state index is 11.7. The van der Waals surface area contributed by atoms with E-state index in [4.69, 9.17) is 4.98 Å². The van der Waals surface area contributed by atoms with Gasteiger partial charge in [-0.05, 0) is 30.7 Å². The number of imidazole rings is 1. The van der Waals surface area contributed by atoms with E-state index in [1.165, 1.54) is 10.6 Å². The van der Waals surface area contributed by atoms with Gasteiger partial charge in [-0.25, -0.2) is 18.4 Å². The maximum Gasteiger partial charge on any atom is 0.211 e. The van der Waals surface area contributed by atoms with Gasteiger partial charge in [0, 0.05) is 45.0 Å². The van der Waals surface area contributed by atoms with E-state index in [1.54, 1.807) is 0 Å². The van der Waals surface area contributed by atoms with Crippen molar-refractivity contribution in [3.05, 3.63) is 42.1 Å². The van der Waals surface area contributed by atoms with Gasteiger partial charge in [-0.15, -0.1) is 0 Å². The van der Waals surface area contributed by atoms with Crippen LogP contribution in [0.4, 0.5) is 5.82 Å². The number of aryl methyl sites for hydroxylation is 2. The summed E-state index contributed by atoms with van der Waals surface area (Å²) in [5.74, 6) is 1.77. The standard InChI is InChI=1S/C19H23N5O2S/c1-14-13-20-18(23-8-10-24(11-9-23)27(3,25)26)12-15(14)19-21-16-6-4-5-7-17(16)22(19)2/h4-7,12-13H,8-11H2,1-3H3. The summed E-state index contributed by atoms with van der Waals surface area (Å²) in [5.41, 5.74) is 4.16. The van der Waals surface area contributed by atoms with Crippen molar-refractivity contribution in [1.29, 1.82) is 0 Å². The fraction of sp³-hybridized carbons (Fsp3) is 0.368. The van der Waals surface area contributed by atoms with Gasteiger partial charge in [-0.2, -0.15) is 4.31 Å². The molecule has 0 unspecified atom stereocenters. The number of nitrogens with zero attached hydrogens (tertiary/aromatic N) is 5. The van der Waals surface area contributed by atoms with Crippen LogP contribution in [0.15, 0.2) is 36.5 Å². The van der Waals surface area contributed by atoms with Crippen molar-refractivity contribution < 1.29 is 8.42 Å². The molecular formula is C19H23N5O2S. The highest BCUT2D eigenvalue weighted by Crippen LogP contribution is 2.29. The van der Waals surface area contributed by atoms with Crippen molar-refractivity contribution in [2.45, 2.75) is 6.92 Å². The van der Waals surface area contributed by atoms with Crippen LogP contribution in [-0.4, -0.2) is 59.7 Å². The molecule has 3 aromatic rings. The van der Waals surface area contributed by atoms with Crippen molar-refractivity contribution in [1.82, 2.24) is 18.8 Å². The Bertz CT molecular complexity index is 1100. The molecule has 4 rings (SSSR count). The van der Waals surface area contributed by atoms with Crippen LogP contribution in [0.3, 0.4) is 0 Å². The highest BCUT2D eigenvalue weighted by Gasteiger charge is 2.24. The predicted molar refractivity (Wildman–Crippen MR) is 107 cm³/mol. The molecule has 2 aromatic heterocycles. The molecule has 0 aliphatic carbocycles. The molecule has 1 aliphatic rings. The lowest BCUT2D eigenvalue weighted by Crippen LogP contribution is -2.48. The molecule has 0 spiro atoms. The van der Waals surface area contributed by atoms with E-state index >= 15 is 0 Å². The van der Waals surface area contributed by atoms with Crippen molar-refractivity contribution in [2.24, 2.45) is 7.05 Å². The number of fused-ring (bicyclic) bond motifs is 1. The molecular weight excluding hydrogens is 362 g/mol. The summed E-state index contributed by atoms with van der Waals surface area (Å²) in [5, 5.41) is 0. The minimum absolute atomic E-state index is 0.482. The average molecular weight is 385 g/mol. The molecule has 0 saturated carbocycles. The zero-order valence-corrected chi connectivity index (χ0v) is 16.6. The molecule has 1 aliphatic heterocycles. The molecule has 0 atom stereocenters. The van der Waals surface area contributed by atoms with Gasteiger partial charge in [0.25, 0.3) is 0 Å². The molecule has 1 aromatic carbocycles. The summed E-state index contributed by atoms with van der Waals surface area (Å²) in [6.07, 6.45) is 3.13. The van der Waals surface area contributed by atoms with E-state index in [1.807, 2.05) is 38.4 Å². The lowest BCUT2D eigenvalue weighted by Gasteiger charge is -2.34. The smallest absolute Gasteiger partial charge is 0.211 e. The first-order chi connectivity index (χ1) is 12.8. The highest BCUT2D eigenvalue weighted by molar-refractivity contribution is 7.88. The number of benzene rings is 1. The average Bonchev–Trinajstić information content (AvgIpc) is 2.98. The van der Waals surface area contributed by atoms with Crippen molar-refractivity contribution in [3.63, 3.8) is 0 Å². The van der Waals surface area contributed by atoms with E-state index in [9.17, 15) is 8.42 Å². The third kappa shape index (κ3) is 3.30. The number of piperazine rings is 1. The first-order valence-electron chi connectivity index (χ1n) is 8.93. The predicted octanol–water partition coefficient (Wildman–Crippen LogP) is 2.03. The molecule has 142 valence electrons. The van der Waals surface area contributed by atoms with E-state index in [0.29, 0.717) is 26.2 Å². The number of pyridine rings is 1. The zero-order chi connectivity index (χ0) is 19.2. The quantitative estimate of drug-likeness (QED) is 0.690. The molecule has 0 radical (unpaired) electrons. The van der Waals surface area contributed by atoms with Gasteiger partial charge in [0.15, 0.2) is 0 Å². The van der Waals surface area contributed by atoms with Gasteiger partial charge in [0.2, 0.25) is 10.0 Å². The number of hydrogen-bond acceptors (Lipinski definition) is 5. The van der Waals surface area contributed by atoms with Crippen LogP contribution in [0, 0.1) is 6.92 Å². The van der Waals surface area contributed by atoms with Gasteiger partial charge < -0.3 is 9.47 Å². The van der Waals surface area contributed by atoms with Gasteiger partial charge in [0.1, 0.15) is 11.6 Å². The zero-order valence-electron chi connectivity index (χ0n) is 15.8. The second kappa shape index (κ2) is 6.61. The molecule has 1 saturated heterocycles. The normalized spacial score (nSPS) is 16.2. The lowest BCUT2D eigenvalue weighted by molar-refractivity contribution is 0.387. The third-order valence-electron chi connectivity index (χ3n) is 5.15. The summed E-state index contributed by atoms with van der Waals surface area (Å²) in [7, 11) is -1.11. The van der Waals surface area contributed by atoms with Crippen LogP contribution < -0.4 is 4.90 Å². The number of rotatable bonds is 3.